The maximum absolute atomic E-state index is 15.1. The molecule has 0 aromatic heterocycles. The third-order valence-corrected chi connectivity index (χ3v) is 5.20. The Labute approximate surface area is 154 Å². The number of benzene rings is 1. The Kier molecular flexibility index (Phi) is 5.74. The number of phenolic OH excluding ortho intramolecular Hbond substituents is 1. The van der Waals surface area contributed by atoms with Gasteiger partial charge in [0.1, 0.15) is 11.6 Å². The fraction of sp³-hybridized carbons (Fsp3) is 0.409. The number of hydrogen-bond donors (Lipinski definition) is 1. The van der Waals surface area contributed by atoms with Crippen molar-refractivity contribution >= 4 is 11.8 Å². The number of hydrogen-bond acceptors (Lipinski definition) is 3. The molecular weight excluding hydrogens is 331 g/mol. The lowest BCUT2D eigenvalue weighted by Crippen LogP contribution is -2.22. The van der Waals surface area contributed by atoms with Gasteiger partial charge in [-0.15, -0.1) is 0 Å². The lowest BCUT2D eigenvalue weighted by Gasteiger charge is -2.36. The van der Waals surface area contributed by atoms with Crippen molar-refractivity contribution in [3.63, 3.8) is 0 Å². The fourth-order valence-electron chi connectivity index (χ4n) is 3.77. The van der Waals surface area contributed by atoms with Crippen LogP contribution in [0.3, 0.4) is 0 Å². The van der Waals surface area contributed by atoms with E-state index in [1.807, 2.05) is 0 Å². The zero-order valence-electron chi connectivity index (χ0n) is 16.2. The van der Waals surface area contributed by atoms with Gasteiger partial charge < -0.3 is 9.84 Å². The van der Waals surface area contributed by atoms with Crippen molar-refractivity contribution in [3.05, 3.63) is 58.2 Å². The van der Waals surface area contributed by atoms with Crippen molar-refractivity contribution in [2.75, 3.05) is 7.11 Å². The molecule has 1 aliphatic carbocycles. The molecule has 140 valence electrons. The van der Waals surface area contributed by atoms with E-state index in [0.29, 0.717) is 11.1 Å². The second-order valence-corrected chi connectivity index (χ2v) is 7.53. The van der Waals surface area contributed by atoms with Crippen LogP contribution >= 0.6 is 0 Å². The SMILES string of the molecule is C=C(C(C)=C(F)c1ccc(C(=O)OC)cc1O)C1=C(C)CCCC1(C)C. The maximum Gasteiger partial charge on any atom is 0.337 e. The summed E-state index contributed by atoms with van der Waals surface area (Å²) in [7, 11) is 1.25. The van der Waals surface area contributed by atoms with Crippen LogP contribution in [0.5, 0.6) is 5.75 Å². The van der Waals surface area contributed by atoms with Crippen LogP contribution in [0.2, 0.25) is 0 Å². The smallest absolute Gasteiger partial charge is 0.337 e. The van der Waals surface area contributed by atoms with Crippen LogP contribution in [0.4, 0.5) is 4.39 Å². The molecule has 0 heterocycles. The summed E-state index contributed by atoms with van der Waals surface area (Å²) in [5.74, 6) is -1.42. The molecule has 0 atom stereocenters. The summed E-state index contributed by atoms with van der Waals surface area (Å²) in [6, 6.07) is 4.04. The summed E-state index contributed by atoms with van der Waals surface area (Å²) in [6.07, 6.45) is 3.15. The summed E-state index contributed by atoms with van der Waals surface area (Å²) in [5.41, 5.74) is 3.56. The van der Waals surface area contributed by atoms with Crippen LogP contribution in [0.1, 0.15) is 62.9 Å². The molecule has 1 N–H and O–H groups in total. The summed E-state index contributed by atoms with van der Waals surface area (Å²) >= 11 is 0. The zero-order chi connectivity index (χ0) is 19.6. The molecule has 0 amide bonds. The molecule has 0 radical (unpaired) electrons. The number of carbonyl (C=O) groups is 1. The van der Waals surface area contributed by atoms with Gasteiger partial charge in [0.25, 0.3) is 0 Å². The Morgan fingerprint density at radius 3 is 2.54 bits per heavy atom. The van der Waals surface area contributed by atoms with Crippen molar-refractivity contribution in [1.82, 2.24) is 0 Å². The van der Waals surface area contributed by atoms with E-state index >= 15 is 4.39 Å². The predicted molar refractivity (Wildman–Crippen MR) is 103 cm³/mol. The summed E-state index contributed by atoms with van der Waals surface area (Å²) in [5, 5.41) is 10.2. The number of halogens is 1. The molecule has 2 rings (SSSR count). The number of rotatable bonds is 4. The lowest BCUT2D eigenvalue weighted by molar-refractivity contribution is 0.0600. The Bertz CT molecular complexity index is 813. The number of carbonyl (C=O) groups excluding carboxylic acids is 1. The Balaban J connectivity index is 2.46. The average molecular weight is 358 g/mol. The minimum Gasteiger partial charge on any atom is -0.507 e. The number of phenols is 1. The molecule has 3 nitrogen and oxygen atoms in total. The van der Waals surface area contributed by atoms with E-state index in [-0.39, 0.29) is 22.3 Å². The van der Waals surface area contributed by atoms with Gasteiger partial charge >= 0.3 is 5.97 Å². The van der Waals surface area contributed by atoms with Gasteiger partial charge in [-0.3, -0.25) is 0 Å². The summed E-state index contributed by atoms with van der Waals surface area (Å²) in [6.45, 7) is 12.2. The molecule has 0 unspecified atom stereocenters. The third kappa shape index (κ3) is 3.74. The van der Waals surface area contributed by atoms with Gasteiger partial charge in [0.15, 0.2) is 0 Å². The number of methoxy groups -OCH3 is 1. The van der Waals surface area contributed by atoms with Gasteiger partial charge in [0.05, 0.1) is 18.2 Å². The molecule has 0 aliphatic heterocycles. The Morgan fingerprint density at radius 2 is 2.00 bits per heavy atom. The van der Waals surface area contributed by atoms with Gasteiger partial charge in [0, 0.05) is 0 Å². The second kappa shape index (κ2) is 7.48. The van der Waals surface area contributed by atoms with Crippen molar-refractivity contribution in [2.24, 2.45) is 5.41 Å². The highest BCUT2D eigenvalue weighted by Gasteiger charge is 2.31. The van der Waals surface area contributed by atoms with E-state index in [1.165, 1.54) is 30.9 Å². The molecule has 0 bridgehead atoms. The number of aromatic hydroxyl groups is 1. The molecule has 4 heteroatoms. The normalized spacial score (nSPS) is 17.6. The molecule has 26 heavy (non-hydrogen) atoms. The first kappa shape index (κ1) is 20.0. The molecule has 0 saturated heterocycles. The van der Waals surface area contributed by atoms with E-state index in [1.54, 1.807) is 6.92 Å². The van der Waals surface area contributed by atoms with Crippen LogP contribution in [-0.2, 0) is 4.74 Å². The largest absolute Gasteiger partial charge is 0.507 e. The lowest BCUT2D eigenvalue weighted by atomic mass is 9.69. The third-order valence-electron chi connectivity index (χ3n) is 5.20. The molecule has 0 saturated carbocycles. The highest BCUT2D eigenvalue weighted by molar-refractivity contribution is 5.90. The van der Waals surface area contributed by atoms with Crippen LogP contribution < -0.4 is 0 Å². The van der Waals surface area contributed by atoms with Crippen molar-refractivity contribution < 1.29 is 19.0 Å². The Morgan fingerprint density at radius 1 is 1.35 bits per heavy atom. The standard InChI is InChI=1S/C22H27FO3/c1-13-8-7-11-22(4,5)19(13)14(2)15(3)20(23)17-10-9-16(12-18(17)24)21(25)26-6/h9-10,12,24H,2,7-8,11H2,1,3-6H3. The van der Waals surface area contributed by atoms with E-state index in [9.17, 15) is 9.90 Å². The molecule has 0 spiro atoms. The number of allylic oxidation sites excluding steroid dienone is 4. The molecule has 1 aromatic carbocycles. The van der Waals surface area contributed by atoms with Crippen LogP contribution in [0.25, 0.3) is 5.83 Å². The molecular formula is C22H27FO3. The summed E-state index contributed by atoms with van der Waals surface area (Å²) in [4.78, 5) is 11.5. The van der Waals surface area contributed by atoms with Crippen molar-refractivity contribution in [2.45, 2.75) is 47.0 Å². The van der Waals surface area contributed by atoms with Crippen LogP contribution in [0.15, 0.2) is 47.1 Å². The number of esters is 1. The van der Waals surface area contributed by atoms with Gasteiger partial charge in [-0.2, -0.15) is 0 Å². The molecule has 1 aliphatic rings. The topological polar surface area (TPSA) is 46.5 Å². The summed E-state index contributed by atoms with van der Waals surface area (Å²) < 4.78 is 19.7. The Hall–Kier alpha value is -2.36. The van der Waals surface area contributed by atoms with E-state index in [0.717, 1.165) is 24.8 Å². The molecule has 0 fully saturated rings. The van der Waals surface area contributed by atoms with Crippen LogP contribution in [0, 0.1) is 5.41 Å². The van der Waals surface area contributed by atoms with E-state index < -0.39 is 11.8 Å². The van der Waals surface area contributed by atoms with Gasteiger partial charge in [-0.25, -0.2) is 9.18 Å². The van der Waals surface area contributed by atoms with Gasteiger partial charge in [-0.1, -0.05) is 26.0 Å². The zero-order valence-corrected chi connectivity index (χ0v) is 16.2. The fourth-order valence-corrected chi connectivity index (χ4v) is 3.77. The highest BCUT2D eigenvalue weighted by Crippen LogP contribution is 2.46. The molecule has 1 aromatic rings. The van der Waals surface area contributed by atoms with Gasteiger partial charge in [-0.05, 0) is 73.4 Å². The quantitative estimate of drug-likeness (QED) is 0.533. The van der Waals surface area contributed by atoms with E-state index in [2.05, 4.69) is 32.1 Å². The monoisotopic (exact) mass is 358 g/mol. The second-order valence-electron chi connectivity index (χ2n) is 7.53. The minimum absolute atomic E-state index is 0.0446. The van der Waals surface area contributed by atoms with Crippen LogP contribution in [-0.4, -0.2) is 18.2 Å². The average Bonchev–Trinajstić information content (AvgIpc) is 2.58. The minimum atomic E-state index is -0.581. The first-order chi connectivity index (χ1) is 12.1. The highest BCUT2D eigenvalue weighted by atomic mass is 19.1. The van der Waals surface area contributed by atoms with E-state index in [4.69, 9.17) is 0 Å². The van der Waals surface area contributed by atoms with Crippen molar-refractivity contribution in [3.8, 4) is 5.75 Å². The first-order valence-electron chi connectivity index (χ1n) is 8.78. The first-order valence-corrected chi connectivity index (χ1v) is 8.78. The van der Waals surface area contributed by atoms with Crippen molar-refractivity contribution in [1.29, 1.82) is 0 Å². The maximum atomic E-state index is 15.1. The predicted octanol–water partition coefficient (Wildman–Crippen LogP) is 5.96. The number of ether oxygens (including phenoxy) is 1. The van der Waals surface area contributed by atoms with Gasteiger partial charge in [0.2, 0.25) is 0 Å².